The summed E-state index contributed by atoms with van der Waals surface area (Å²) in [7, 11) is 0. The summed E-state index contributed by atoms with van der Waals surface area (Å²) in [6.45, 7) is 11.2. The van der Waals surface area contributed by atoms with E-state index in [0.717, 1.165) is 58.7 Å². The second kappa shape index (κ2) is 6.64. The van der Waals surface area contributed by atoms with Crippen LogP contribution < -0.4 is 0 Å². The Morgan fingerprint density at radius 3 is 2.78 bits per heavy atom. The Kier molecular flexibility index (Phi) is 5.15. The first kappa shape index (κ1) is 14.0. The van der Waals surface area contributed by atoms with Crippen molar-refractivity contribution in [3.63, 3.8) is 0 Å². The fourth-order valence-corrected chi connectivity index (χ4v) is 2.97. The van der Waals surface area contributed by atoms with Crippen molar-refractivity contribution in [1.29, 1.82) is 0 Å². The number of rotatable bonds is 4. The topological polar surface area (TPSA) is 32.8 Å². The molecule has 2 atom stereocenters. The lowest BCUT2D eigenvalue weighted by Crippen LogP contribution is -2.50. The summed E-state index contributed by atoms with van der Waals surface area (Å²) in [5.74, 6) is 0.707. The predicted octanol–water partition coefficient (Wildman–Crippen LogP) is 1.01. The Hall–Kier alpha value is -0.450. The molecule has 2 aliphatic rings. The number of ketones is 1. The van der Waals surface area contributed by atoms with E-state index in [1.165, 1.54) is 0 Å². The zero-order valence-electron chi connectivity index (χ0n) is 11.7. The molecule has 0 aliphatic carbocycles. The van der Waals surface area contributed by atoms with E-state index in [0.29, 0.717) is 11.9 Å². The van der Waals surface area contributed by atoms with Crippen molar-refractivity contribution in [1.82, 2.24) is 9.80 Å². The van der Waals surface area contributed by atoms with E-state index in [1.54, 1.807) is 0 Å². The fourth-order valence-electron chi connectivity index (χ4n) is 2.97. The van der Waals surface area contributed by atoms with Gasteiger partial charge in [-0.1, -0.05) is 13.8 Å². The highest BCUT2D eigenvalue weighted by molar-refractivity contribution is 5.82. The SMILES string of the molecule is CCC1CN(CC2CN(CC)CCO2)CCC1=O. The monoisotopic (exact) mass is 254 g/mol. The number of carbonyl (C=O) groups excluding carboxylic acids is 1. The fraction of sp³-hybridized carbons (Fsp3) is 0.929. The highest BCUT2D eigenvalue weighted by atomic mass is 16.5. The first-order chi connectivity index (χ1) is 8.72. The quantitative estimate of drug-likeness (QED) is 0.749. The molecule has 18 heavy (non-hydrogen) atoms. The van der Waals surface area contributed by atoms with Gasteiger partial charge in [0.15, 0.2) is 0 Å². The van der Waals surface area contributed by atoms with Crippen LogP contribution in [0.1, 0.15) is 26.7 Å². The minimum Gasteiger partial charge on any atom is -0.374 e. The largest absolute Gasteiger partial charge is 0.374 e. The molecule has 2 unspecified atom stereocenters. The van der Waals surface area contributed by atoms with Crippen LogP contribution in [0.2, 0.25) is 0 Å². The van der Waals surface area contributed by atoms with Crippen LogP contribution >= 0.6 is 0 Å². The van der Waals surface area contributed by atoms with Crippen LogP contribution in [-0.2, 0) is 9.53 Å². The van der Waals surface area contributed by atoms with Gasteiger partial charge in [-0.3, -0.25) is 14.6 Å². The molecule has 2 aliphatic heterocycles. The van der Waals surface area contributed by atoms with Gasteiger partial charge in [0, 0.05) is 45.1 Å². The molecule has 0 N–H and O–H groups in total. The number of nitrogens with zero attached hydrogens (tertiary/aromatic N) is 2. The lowest BCUT2D eigenvalue weighted by atomic mass is 9.94. The average Bonchev–Trinajstić information content (AvgIpc) is 2.41. The first-order valence-electron chi connectivity index (χ1n) is 7.32. The molecule has 0 aromatic rings. The molecular weight excluding hydrogens is 228 g/mol. The van der Waals surface area contributed by atoms with E-state index in [1.807, 2.05) is 0 Å². The van der Waals surface area contributed by atoms with Gasteiger partial charge in [-0.2, -0.15) is 0 Å². The third kappa shape index (κ3) is 3.53. The molecule has 2 rings (SSSR count). The van der Waals surface area contributed by atoms with Crippen LogP contribution in [0.25, 0.3) is 0 Å². The molecule has 0 aromatic carbocycles. The number of ether oxygens (including phenoxy) is 1. The molecule has 0 amide bonds. The Morgan fingerprint density at radius 2 is 2.06 bits per heavy atom. The first-order valence-corrected chi connectivity index (χ1v) is 7.32. The van der Waals surface area contributed by atoms with Gasteiger partial charge in [0.2, 0.25) is 0 Å². The van der Waals surface area contributed by atoms with Crippen molar-refractivity contribution in [2.45, 2.75) is 32.8 Å². The van der Waals surface area contributed by atoms with E-state index in [4.69, 9.17) is 4.74 Å². The molecule has 2 saturated heterocycles. The molecule has 2 fully saturated rings. The highest BCUT2D eigenvalue weighted by Crippen LogP contribution is 2.17. The van der Waals surface area contributed by atoms with Gasteiger partial charge in [-0.25, -0.2) is 0 Å². The number of likely N-dealkylation sites (tertiary alicyclic amines) is 1. The number of hydrogen-bond donors (Lipinski definition) is 0. The zero-order chi connectivity index (χ0) is 13.0. The van der Waals surface area contributed by atoms with Crippen LogP contribution in [0.4, 0.5) is 0 Å². The molecular formula is C14H26N2O2. The van der Waals surface area contributed by atoms with Crippen LogP contribution in [0, 0.1) is 5.92 Å². The summed E-state index contributed by atoms with van der Waals surface area (Å²) in [5, 5.41) is 0. The van der Waals surface area contributed by atoms with Crippen molar-refractivity contribution in [3.05, 3.63) is 0 Å². The van der Waals surface area contributed by atoms with Crippen LogP contribution in [0.15, 0.2) is 0 Å². The van der Waals surface area contributed by atoms with Crippen LogP contribution in [-0.4, -0.2) is 67.6 Å². The predicted molar refractivity (Wildman–Crippen MR) is 71.7 cm³/mol. The molecule has 0 bridgehead atoms. The van der Waals surface area contributed by atoms with Gasteiger partial charge in [-0.15, -0.1) is 0 Å². The number of piperidine rings is 1. The van der Waals surface area contributed by atoms with Crippen molar-refractivity contribution in [2.24, 2.45) is 5.92 Å². The molecule has 4 nitrogen and oxygen atoms in total. The van der Waals surface area contributed by atoms with E-state index in [9.17, 15) is 4.79 Å². The van der Waals surface area contributed by atoms with E-state index in [2.05, 4.69) is 23.6 Å². The molecule has 0 saturated carbocycles. The third-order valence-electron chi connectivity index (χ3n) is 4.23. The maximum atomic E-state index is 11.7. The summed E-state index contributed by atoms with van der Waals surface area (Å²) in [4.78, 5) is 16.6. The maximum absolute atomic E-state index is 11.7. The van der Waals surface area contributed by atoms with Gasteiger partial charge in [0.05, 0.1) is 12.7 Å². The molecule has 0 spiro atoms. The van der Waals surface area contributed by atoms with E-state index < -0.39 is 0 Å². The van der Waals surface area contributed by atoms with Crippen molar-refractivity contribution >= 4 is 5.78 Å². The van der Waals surface area contributed by atoms with Gasteiger partial charge in [0.1, 0.15) is 5.78 Å². The van der Waals surface area contributed by atoms with Gasteiger partial charge in [-0.05, 0) is 13.0 Å². The molecule has 104 valence electrons. The van der Waals surface area contributed by atoms with Gasteiger partial charge in [0.25, 0.3) is 0 Å². The zero-order valence-corrected chi connectivity index (χ0v) is 11.7. The Bertz CT molecular complexity index is 283. The second-order valence-electron chi connectivity index (χ2n) is 5.47. The number of carbonyl (C=O) groups is 1. The molecule has 4 heteroatoms. The summed E-state index contributed by atoms with van der Waals surface area (Å²) < 4.78 is 5.84. The molecule has 2 heterocycles. The standard InChI is InChI=1S/C14H26N2O2/c1-3-12-9-16(6-5-14(12)17)11-13-10-15(4-2)7-8-18-13/h12-13H,3-11H2,1-2H3. The minimum absolute atomic E-state index is 0.254. The number of likely N-dealkylation sites (N-methyl/N-ethyl adjacent to an activating group) is 1. The Balaban J connectivity index is 1.80. The van der Waals surface area contributed by atoms with Gasteiger partial charge < -0.3 is 4.74 Å². The van der Waals surface area contributed by atoms with Crippen LogP contribution in [0.5, 0.6) is 0 Å². The summed E-state index contributed by atoms with van der Waals surface area (Å²) >= 11 is 0. The van der Waals surface area contributed by atoms with Crippen molar-refractivity contribution < 1.29 is 9.53 Å². The Morgan fingerprint density at radius 1 is 1.22 bits per heavy atom. The van der Waals surface area contributed by atoms with Crippen molar-refractivity contribution in [2.75, 3.05) is 45.9 Å². The Labute approximate surface area is 110 Å². The maximum Gasteiger partial charge on any atom is 0.138 e. The molecule has 0 radical (unpaired) electrons. The third-order valence-corrected chi connectivity index (χ3v) is 4.23. The minimum atomic E-state index is 0.254. The van der Waals surface area contributed by atoms with E-state index in [-0.39, 0.29) is 5.92 Å². The highest BCUT2D eigenvalue weighted by Gasteiger charge is 2.28. The summed E-state index contributed by atoms with van der Waals surface area (Å²) in [5.41, 5.74) is 0. The number of Topliss-reactive ketones (excluding diaryl/α,β-unsaturated/α-hetero) is 1. The second-order valence-corrected chi connectivity index (χ2v) is 5.47. The average molecular weight is 254 g/mol. The van der Waals surface area contributed by atoms with Crippen LogP contribution in [0.3, 0.4) is 0 Å². The molecule has 0 aromatic heterocycles. The lowest BCUT2D eigenvalue weighted by Gasteiger charge is -2.37. The summed E-state index contributed by atoms with van der Waals surface area (Å²) in [6, 6.07) is 0. The summed E-state index contributed by atoms with van der Waals surface area (Å²) in [6.07, 6.45) is 2.02. The van der Waals surface area contributed by atoms with Crippen molar-refractivity contribution in [3.8, 4) is 0 Å². The number of morpholine rings is 1. The lowest BCUT2D eigenvalue weighted by molar-refractivity contribution is -0.127. The number of hydrogen-bond acceptors (Lipinski definition) is 4. The normalized spacial score (nSPS) is 31.8. The van der Waals surface area contributed by atoms with E-state index >= 15 is 0 Å². The van der Waals surface area contributed by atoms with Gasteiger partial charge >= 0.3 is 0 Å². The smallest absolute Gasteiger partial charge is 0.138 e.